The van der Waals surface area contributed by atoms with Crippen molar-refractivity contribution in [1.82, 2.24) is 19.9 Å². The summed E-state index contributed by atoms with van der Waals surface area (Å²) in [7, 11) is 0. The van der Waals surface area contributed by atoms with E-state index in [9.17, 15) is 22.8 Å². The lowest BCUT2D eigenvalue weighted by atomic mass is 10.1. The third-order valence-corrected chi connectivity index (χ3v) is 5.82. The van der Waals surface area contributed by atoms with Gasteiger partial charge in [0.15, 0.2) is 0 Å². The highest BCUT2D eigenvalue weighted by molar-refractivity contribution is 7.20. The van der Waals surface area contributed by atoms with Crippen molar-refractivity contribution in [2.75, 3.05) is 11.4 Å². The molecule has 1 saturated heterocycles. The van der Waals surface area contributed by atoms with Crippen molar-refractivity contribution < 1.29 is 18.0 Å². The van der Waals surface area contributed by atoms with Crippen molar-refractivity contribution in [2.45, 2.75) is 38.3 Å². The summed E-state index contributed by atoms with van der Waals surface area (Å²) in [6, 6.07) is 7.91. The Morgan fingerprint density at radius 2 is 2.07 bits per heavy atom. The fourth-order valence-corrected chi connectivity index (χ4v) is 4.32. The molecule has 1 aliphatic rings. The van der Waals surface area contributed by atoms with Gasteiger partial charge in [0.05, 0.1) is 12.2 Å². The summed E-state index contributed by atoms with van der Waals surface area (Å²) in [5.74, 6) is -4.70. The Morgan fingerprint density at radius 1 is 1.33 bits per heavy atom. The first kappa shape index (κ1) is 20.3. The Kier molecular flexibility index (Phi) is 5.22. The minimum Gasteiger partial charge on any atom is -0.350 e. The van der Waals surface area contributed by atoms with E-state index in [0.29, 0.717) is 0 Å². The highest BCUT2D eigenvalue weighted by Crippen LogP contribution is 2.37. The molecule has 158 valence electrons. The van der Waals surface area contributed by atoms with Gasteiger partial charge >= 0.3 is 5.56 Å². The number of aryl methyl sites for hydroxylation is 1. The minimum atomic E-state index is -3.11. The maximum Gasteiger partial charge on any atom is 0.311 e. The van der Waals surface area contributed by atoms with Crippen molar-refractivity contribution >= 4 is 27.3 Å². The molecule has 1 amide bonds. The van der Waals surface area contributed by atoms with E-state index in [1.54, 1.807) is 6.92 Å². The van der Waals surface area contributed by atoms with E-state index in [2.05, 4.69) is 15.4 Å². The van der Waals surface area contributed by atoms with E-state index < -0.39 is 42.2 Å². The highest BCUT2D eigenvalue weighted by atomic mass is 32.1. The molecule has 2 aromatic heterocycles. The quantitative estimate of drug-likeness (QED) is 0.663. The molecule has 3 aromatic rings. The fourth-order valence-electron chi connectivity index (χ4n) is 3.36. The van der Waals surface area contributed by atoms with Gasteiger partial charge in [0, 0.05) is 13.0 Å². The van der Waals surface area contributed by atoms with Crippen LogP contribution >= 0.6 is 11.3 Å². The number of alkyl halides is 2. The number of carbonyl (C=O) groups excluding carboxylic acids is 1. The molecular weight excluding hydrogens is 419 g/mol. The Balaban J connectivity index is 1.63. The summed E-state index contributed by atoms with van der Waals surface area (Å²) < 4.78 is 43.2. The molecule has 0 saturated carbocycles. The van der Waals surface area contributed by atoms with Gasteiger partial charge in [0.25, 0.3) is 5.92 Å². The van der Waals surface area contributed by atoms with Crippen molar-refractivity contribution in [3.8, 4) is 0 Å². The first-order valence-corrected chi connectivity index (χ1v) is 10.1. The number of anilines is 1. The first-order chi connectivity index (χ1) is 14.3. The normalized spacial score (nSPS) is 18.1. The molecule has 0 radical (unpaired) electrons. The lowest BCUT2D eigenvalue weighted by Gasteiger charge is -2.21. The molecule has 30 heavy (non-hydrogen) atoms. The molecule has 1 unspecified atom stereocenters. The van der Waals surface area contributed by atoms with E-state index >= 15 is 0 Å². The molecule has 11 heteroatoms. The van der Waals surface area contributed by atoms with Crippen LogP contribution in [0.1, 0.15) is 24.6 Å². The van der Waals surface area contributed by atoms with Crippen LogP contribution in [0.2, 0.25) is 0 Å². The number of aromatic nitrogens is 3. The number of nitrogens with one attached hydrogen (secondary N) is 1. The van der Waals surface area contributed by atoms with Gasteiger partial charge in [-0.25, -0.2) is 13.8 Å². The van der Waals surface area contributed by atoms with Crippen LogP contribution in [-0.4, -0.2) is 39.0 Å². The van der Waals surface area contributed by atoms with Crippen molar-refractivity contribution in [2.24, 2.45) is 0 Å². The van der Waals surface area contributed by atoms with Gasteiger partial charge < -0.3 is 10.2 Å². The lowest BCUT2D eigenvalue weighted by Crippen LogP contribution is -2.43. The van der Waals surface area contributed by atoms with E-state index in [-0.39, 0.29) is 28.8 Å². The summed E-state index contributed by atoms with van der Waals surface area (Å²) >= 11 is 0.870. The van der Waals surface area contributed by atoms with Gasteiger partial charge in [-0.05, 0) is 12.0 Å². The van der Waals surface area contributed by atoms with Crippen LogP contribution in [0.15, 0.2) is 35.1 Å². The number of hydrogen-bond acceptors (Lipinski definition) is 6. The van der Waals surface area contributed by atoms with Crippen LogP contribution in [-0.2, 0) is 17.8 Å². The SMILES string of the molecule is CCc1nc2sc(N3CC(F)(F)CC3C(=O)NCc3ccccc3)nn2c(=O)c1F. The average Bonchev–Trinajstić information content (AvgIpc) is 3.30. The topological polar surface area (TPSA) is 79.6 Å². The van der Waals surface area contributed by atoms with Crippen LogP contribution in [0.25, 0.3) is 4.96 Å². The number of benzene rings is 1. The monoisotopic (exact) mass is 437 g/mol. The molecule has 4 rings (SSSR count). The molecule has 1 fully saturated rings. The number of nitrogens with zero attached hydrogens (tertiary/aromatic N) is 4. The van der Waals surface area contributed by atoms with Gasteiger partial charge in [-0.1, -0.05) is 48.6 Å². The second-order valence-electron chi connectivity index (χ2n) is 7.02. The average molecular weight is 437 g/mol. The predicted molar refractivity (Wildman–Crippen MR) is 105 cm³/mol. The van der Waals surface area contributed by atoms with Crippen molar-refractivity contribution in [1.29, 1.82) is 0 Å². The van der Waals surface area contributed by atoms with E-state index in [4.69, 9.17) is 0 Å². The van der Waals surface area contributed by atoms with Crippen LogP contribution in [0.4, 0.5) is 18.3 Å². The zero-order valence-corrected chi connectivity index (χ0v) is 16.8. The molecular formula is C19H18F3N5O2S. The molecule has 1 aliphatic heterocycles. The maximum atomic E-state index is 14.2. The van der Waals surface area contributed by atoms with Crippen LogP contribution in [0.5, 0.6) is 0 Å². The molecule has 3 heterocycles. The zero-order chi connectivity index (χ0) is 21.5. The minimum absolute atomic E-state index is 0.0147. The number of hydrogen-bond donors (Lipinski definition) is 1. The molecule has 0 spiro atoms. The van der Waals surface area contributed by atoms with Crippen molar-refractivity contribution in [3.63, 3.8) is 0 Å². The molecule has 1 atom stereocenters. The summed E-state index contributed by atoms with van der Waals surface area (Å²) in [6.07, 6.45) is -0.475. The number of amides is 1. The summed E-state index contributed by atoms with van der Waals surface area (Å²) in [6.45, 7) is 1.12. The number of rotatable bonds is 5. The van der Waals surface area contributed by atoms with Crippen molar-refractivity contribution in [3.05, 3.63) is 57.8 Å². The van der Waals surface area contributed by atoms with Gasteiger partial charge in [-0.3, -0.25) is 9.59 Å². The standard InChI is InChI=1S/C19H18F3N5O2S/c1-2-12-14(20)16(29)27-17(24-12)30-18(25-27)26-10-19(21,22)8-13(26)15(28)23-9-11-6-4-3-5-7-11/h3-7,13H,2,8-10H2,1H3,(H,23,28). The third-order valence-electron chi connectivity index (χ3n) is 4.88. The van der Waals surface area contributed by atoms with Crippen LogP contribution < -0.4 is 15.8 Å². The highest BCUT2D eigenvalue weighted by Gasteiger charge is 2.49. The summed E-state index contributed by atoms with van der Waals surface area (Å²) in [4.78, 5) is 30.2. The molecule has 7 nitrogen and oxygen atoms in total. The number of halogens is 3. The third kappa shape index (κ3) is 3.76. The Labute approximate surface area is 173 Å². The lowest BCUT2D eigenvalue weighted by molar-refractivity contribution is -0.123. The van der Waals surface area contributed by atoms with Gasteiger partial charge in [-0.15, -0.1) is 5.10 Å². The fraction of sp³-hybridized carbons (Fsp3) is 0.368. The molecule has 0 bridgehead atoms. The smallest absolute Gasteiger partial charge is 0.311 e. The summed E-state index contributed by atoms with van der Waals surface area (Å²) in [5, 5.41) is 6.67. The largest absolute Gasteiger partial charge is 0.350 e. The molecule has 1 aromatic carbocycles. The Hall–Kier alpha value is -2.95. The van der Waals surface area contributed by atoms with Gasteiger partial charge in [-0.2, -0.15) is 8.91 Å². The van der Waals surface area contributed by atoms with Gasteiger partial charge in [0.2, 0.25) is 21.8 Å². The Morgan fingerprint density at radius 3 is 2.77 bits per heavy atom. The molecule has 0 aliphatic carbocycles. The number of fused-ring (bicyclic) bond motifs is 1. The van der Waals surface area contributed by atoms with Crippen LogP contribution in [0, 0.1) is 5.82 Å². The van der Waals surface area contributed by atoms with E-state index in [1.165, 1.54) is 0 Å². The molecule has 1 N–H and O–H groups in total. The maximum absolute atomic E-state index is 14.2. The van der Waals surface area contributed by atoms with E-state index in [1.807, 2.05) is 30.3 Å². The van der Waals surface area contributed by atoms with E-state index in [0.717, 1.165) is 26.3 Å². The first-order valence-electron chi connectivity index (χ1n) is 9.33. The van der Waals surface area contributed by atoms with Gasteiger partial charge in [0.1, 0.15) is 6.04 Å². The zero-order valence-electron chi connectivity index (χ0n) is 15.9. The Bertz CT molecular complexity index is 1150. The predicted octanol–water partition coefficient (Wildman–Crippen LogP) is 2.38. The number of carbonyl (C=O) groups is 1. The van der Waals surface area contributed by atoms with Crippen LogP contribution in [0.3, 0.4) is 0 Å². The summed E-state index contributed by atoms with van der Waals surface area (Å²) in [5.41, 5.74) is -0.171. The second-order valence-corrected chi connectivity index (χ2v) is 7.95. The second kappa shape index (κ2) is 7.71.